The summed E-state index contributed by atoms with van der Waals surface area (Å²) < 4.78 is 41.3. The second-order valence-electron chi connectivity index (χ2n) is 4.54. The number of urea groups is 1. The highest BCUT2D eigenvalue weighted by molar-refractivity contribution is 6.30. The molecule has 10 heteroatoms. The van der Waals surface area contributed by atoms with Crippen LogP contribution in [0.25, 0.3) is 0 Å². The quantitative estimate of drug-likeness (QED) is 0.822. The zero-order valence-corrected chi connectivity index (χ0v) is 12.7. The van der Waals surface area contributed by atoms with Gasteiger partial charge in [-0.1, -0.05) is 11.6 Å². The summed E-state index contributed by atoms with van der Waals surface area (Å²) in [5.41, 5.74) is -0.00850. The number of ether oxygens (including phenoxy) is 1. The molecule has 1 rings (SSSR count). The summed E-state index contributed by atoms with van der Waals surface area (Å²) in [5, 5.41) is 11.0. The first-order chi connectivity index (χ1) is 10.6. The van der Waals surface area contributed by atoms with Gasteiger partial charge in [0, 0.05) is 24.7 Å². The molecule has 0 heterocycles. The highest BCUT2D eigenvalue weighted by atomic mass is 35.5. The van der Waals surface area contributed by atoms with Crippen LogP contribution in [0.2, 0.25) is 5.02 Å². The van der Waals surface area contributed by atoms with Crippen LogP contribution >= 0.6 is 11.6 Å². The normalized spacial score (nSPS) is 11.0. The number of nitrogens with one attached hydrogen (secondary N) is 1. The Morgan fingerprint density at radius 2 is 2.04 bits per heavy atom. The Hall–Kier alpha value is -2.16. The Bertz CT molecular complexity index is 581. The lowest BCUT2D eigenvalue weighted by Crippen LogP contribution is -2.33. The Labute approximate surface area is 134 Å². The second-order valence-corrected chi connectivity index (χ2v) is 4.98. The van der Waals surface area contributed by atoms with Gasteiger partial charge >= 0.3 is 18.2 Å². The fourth-order valence-corrected chi connectivity index (χ4v) is 1.62. The van der Waals surface area contributed by atoms with Crippen molar-refractivity contribution in [1.29, 1.82) is 0 Å². The lowest BCUT2D eigenvalue weighted by atomic mass is 10.3. The average Bonchev–Trinajstić information content (AvgIpc) is 2.43. The number of halogens is 4. The van der Waals surface area contributed by atoms with E-state index in [0.717, 1.165) is 11.0 Å². The van der Waals surface area contributed by atoms with E-state index in [4.69, 9.17) is 16.7 Å². The highest BCUT2D eigenvalue weighted by Gasteiger charge is 2.29. The predicted octanol–water partition coefficient (Wildman–Crippen LogP) is 3.22. The highest BCUT2D eigenvalue weighted by Crippen LogP contribution is 2.30. The number of benzene rings is 1. The number of aliphatic carboxylic acids is 1. The molecule has 0 radical (unpaired) electrons. The molecular weight excluding hydrogens is 341 g/mol. The molecule has 0 unspecified atom stereocenters. The number of carboxylic acid groups (broad SMARTS) is 1. The number of hydrogen-bond donors (Lipinski definition) is 2. The van der Waals surface area contributed by atoms with Crippen LogP contribution in [0, 0.1) is 0 Å². The average molecular weight is 355 g/mol. The van der Waals surface area contributed by atoms with Crippen molar-refractivity contribution in [3.05, 3.63) is 23.2 Å². The number of carbonyl (C=O) groups excluding carboxylic acids is 1. The molecule has 0 spiro atoms. The van der Waals surface area contributed by atoms with Crippen LogP contribution in [0.4, 0.5) is 23.7 Å². The number of amides is 2. The van der Waals surface area contributed by atoms with Crippen LogP contribution in [0.3, 0.4) is 0 Å². The molecule has 128 valence electrons. The summed E-state index contributed by atoms with van der Waals surface area (Å²) in [5.74, 6) is -1.32. The van der Waals surface area contributed by atoms with Gasteiger partial charge in [0.2, 0.25) is 0 Å². The minimum Gasteiger partial charge on any atom is -0.482 e. The summed E-state index contributed by atoms with van der Waals surface area (Å²) >= 11 is 5.70. The van der Waals surface area contributed by atoms with Crippen molar-refractivity contribution in [2.75, 3.05) is 25.5 Å². The van der Waals surface area contributed by atoms with Crippen LogP contribution in [-0.2, 0) is 4.79 Å². The minimum atomic E-state index is -4.54. The van der Waals surface area contributed by atoms with Gasteiger partial charge in [0.15, 0.2) is 6.61 Å². The third-order valence-electron chi connectivity index (χ3n) is 2.58. The number of hydrogen-bond acceptors (Lipinski definition) is 3. The fraction of sp³-hybridized carbons (Fsp3) is 0.385. The molecule has 0 aliphatic heterocycles. The molecule has 0 saturated heterocycles. The summed E-state index contributed by atoms with van der Waals surface area (Å²) in [4.78, 5) is 23.4. The molecule has 0 aliphatic rings. The summed E-state index contributed by atoms with van der Waals surface area (Å²) in [6.07, 6.45) is -4.80. The monoisotopic (exact) mass is 354 g/mol. The molecular formula is C13H14ClF3N2O4. The fourth-order valence-electron chi connectivity index (χ4n) is 1.45. The van der Waals surface area contributed by atoms with E-state index in [9.17, 15) is 22.8 Å². The minimum absolute atomic E-state index is 0.00850. The molecule has 0 fully saturated rings. The van der Waals surface area contributed by atoms with Gasteiger partial charge in [-0.2, -0.15) is 13.2 Å². The first-order valence-corrected chi connectivity index (χ1v) is 6.69. The van der Waals surface area contributed by atoms with E-state index in [1.165, 1.54) is 19.2 Å². The van der Waals surface area contributed by atoms with Crippen LogP contribution in [0.15, 0.2) is 18.2 Å². The second kappa shape index (κ2) is 7.91. The maximum absolute atomic E-state index is 12.2. The van der Waals surface area contributed by atoms with Crippen LogP contribution in [0.5, 0.6) is 5.75 Å². The van der Waals surface area contributed by atoms with Gasteiger partial charge in [-0.05, 0) is 12.1 Å². The van der Waals surface area contributed by atoms with Crippen LogP contribution in [-0.4, -0.2) is 48.4 Å². The van der Waals surface area contributed by atoms with E-state index in [-0.39, 0.29) is 29.4 Å². The number of carboxylic acids is 1. The molecule has 0 atom stereocenters. The van der Waals surface area contributed by atoms with Gasteiger partial charge < -0.3 is 20.1 Å². The van der Waals surface area contributed by atoms with Gasteiger partial charge in [-0.25, -0.2) is 4.79 Å². The Morgan fingerprint density at radius 3 is 2.61 bits per heavy atom. The molecule has 1 aromatic carbocycles. The molecule has 1 aromatic rings. The zero-order valence-electron chi connectivity index (χ0n) is 12.0. The van der Waals surface area contributed by atoms with E-state index in [1.54, 1.807) is 0 Å². The molecule has 0 aliphatic carbocycles. The number of rotatable bonds is 6. The topological polar surface area (TPSA) is 78.9 Å². The zero-order chi connectivity index (χ0) is 17.6. The molecule has 0 aromatic heterocycles. The van der Waals surface area contributed by atoms with E-state index in [0.29, 0.717) is 0 Å². The van der Waals surface area contributed by atoms with Gasteiger partial charge in [0.25, 0.3) is 0 Å². The molecule has 0 saturated carbocycles. The van der Waals surface area contributed by atoms with Gasteiger partial charge in [0.1, 0.15) is 5.75 Å². The van der Waals surface area contributed by atoms with Gasteiger partial charge in [-0.15, -0.1) is 0 Å². The van der Waals surface area contributed by atoms with E-state index < -0.39 is 24.8 Å². The largest absolute Gasteiger partial charge is 0.482 e. The number of alkyl halides is 3. The van der Waals surface area contributed by atoms with Crippen LogP contribution in [0.1, 0.15) is 6.42 Å². The van der Waals surface area contributed by atoms with Crippen molar-refractivity contribution in [2.24, 2.45) is 0 Å². The lowest BCUT2D eigenvalue weighted by molar-refractivity contribution is -0.153. The summed E-state index contributed by atoms with van der Waals surface area (Å²) in [6, 6.07) is 3.11. The lowest BCUT2D eigenvalue weighted by Gasteiger charge is -2.19. The number of anilines is 1. The van der Waals surface area contributed by atoms with Crippen molar-refractivity contribution in [2.45, 2.75) is 12.6 Å². The molecule has 23 heavy (non-hydrogen) atoms. The SMILES string of the molecule is CN(CCC(=O)O)C(=O)Nc1ccc(Cl)cc1OCC(F)(F)F. The Kier molecular flexibility index (Phi) is 6.49. The van der Waals surface area contributed by atoms with E-state index >= 15 is 0 Å². The number of nitrogens with zero attached hydrogens (tertiary/aromatic N) is 1. The summed E-state index contributed by atoms with van der Waals surface area (Å²) in [7, 11) is 1.35. The Morgan fingerprint density at radius 1 is 1.39 bits per heavy atom. The first-order valence-electron chi connectivity index (χ1n) is 6.31. The van der Waals surface area contributed by atoms with Crippen molar-refractivity contribution < 1.29 is 32.6 Å². The molecule has 2 amide bonds. The maximum atomic E-state index is 12.2. The summed E-state index contributed by atoms with van der Waals surface area (Å²) in [6.45, 7) is -1.60. The van der Waals surface area contributed by atoms with Crippen molar-refractivity contribution in [1.82, 2.24) is 4.90 Å². The van der Waals surface area contributed by atoms with Crippen molar-refractivity contribution in [3.63, 3.8) is 0 Å². The molecule has 6 nitrogen and oxygen atoms in total. The first kappa shape index (κ1) is 18.9. The Balaban J connectivity index is 2.78. The third-order valence-corrected chi connectivity index (χ3v) is 2.82. The number of carbonyl (C=O) groups is 2. The van der Waals surface area contributed by atoms with Gasteiger partial charge in [0.05, 0.1) is 12.1 Å². The van der Waals surface area contributed by atoms with Gasteiger partial charge in [-0.3, -0.25) is 4.79 Å². The standard InChI is InChI=1S/C13H14ClF3N2O4/c1-19(5-4-11(20)21)12(22)18-9-3-2-8(14)6-10(9)23-7-13(15,16)17/h2-3,6H,4-5,7H2,1H3,(H,18,22)(H,20,21). The maximum Gasteiger partial charge on any atom is 0.422 e. The third kappa shape index (κ3) is 7.09. The van der Waals surface area contributed by atoms with E-state index in [2.05, 4.69) is 10.1 Å². The van der Waals surface area contributed by atoms with E-state index in [1.807, 2.05) is 0 Å². The predicted molar refractivity (Wildman–Crippen MR) is 76.9 cm³/mol. The van der Waals surface area contributed by atoms with Crippen molar-refractivity contribution in [3.8, 4) is 5.75 Å². The molecule has 2 N–H and O–H groups in total. The van der Waals surface area contributed by atoms with Crippen LogP contribution < -0.4 is 10.1 Å². The van der Waals surface area contributed by atoms with Crippen molar-refractivity contribution >= 4 is 29.3 Å². The molecule has 0 bridgehead atoms. The smallest absolute Gasteiger partial charge is 0.422 e.